The van der Waals surface area contributed by atoms with Crippen LogP contribution in [0.2, 0.25) is 5.02 Å². The summed E-state index contributed by atoms with van der Waals surface area (Å²) in [5, 5.41) is 15.2. The van der Waals surface area contributed by atoms with Crippen LogP contribution in [0.1, 0.15) is 36.9 Å². The molecule has 0 amide bonds. The molecule has 1 heterocycles. The molecule has 0 aliphatic rings. The normalized spacial score (nSPS) is 15.0. The van der Waals surface area contributed by atoms with Crippen LogP contribution in [-0.4, -0.2) is 35.4 Å². The van der Waals surface area contributed by atoms with Gasteiger partial charge in [0.25, 0.3) is 0 Å². The molecule has 0 fully saturated rings. The van der Waals surface area contributed by atoms with Crippen molar-refractivity contribution in [2.24, 2.45) is 4.99 Å². The van der Waals surface area contributed by atoms with Crippen molar-refractivity contribution < 1.29 is 27.5 Å². The fraction of sp³-hybridized carbons (Fsp3) is 0.348. The van der Waals surface area contributed by atoms with Gasteiger partial charge in [-0.1, -0.05) is 35.8 Å². The third-order valence-electron chi connectivity index (χ3n) is 5.49. The Labute approximate surface area is 192 Å². The smallest absolute Gasteiger partial charge is 0.422 e. The summed E-state index contributed by atoms with van der Waals surface area (Å²) in [6, 6.07) is 8.98. The molecule has 0 aliphatic carbocycles. The number of aliphatic hydroxyl groups is 1. The minimum absolute atomic E-state index is 0.119. The number of aromatic nitrogens is 1. The predicted octanol–water partition coefficient (Wildman–Crippen LogP) is 5.74. The number of para-hydroxylation sites is 1. The quantitative estimate of drug-likeness (QED) is 0.434. The molecule has 33 heavy (non-hydrogen) atoms. The number of hydrogen-bond donors (Lipinski definition) is 1. The number of methoxy groups -OCH3 is 1. The van der Waals surface area contributed by atoms with Crippen molar-refractivity contribution in [3.63, 3.8) is 0 Å². The Bertz CT molecular complexity index is 1240. The van der Waals surface area contributed by atoms with Crippen molar-refractivity contribution in [1.82, 2.24) is 5.16 Å². The highest BCUT2D eigenvalue weighted by atomic mass is 35.5. The Hall–Kier alpha value is -2.91. The molecule has 2 aromatic carbocycles. The molecule has 0 saturated carbocycles. The van der Waals surface area contributed by atoms with E-state index in [4.69, 9.17) is 16.3 Å². The first-order valence-electron chi connectivity index (χ1n) is 10.1. The first-order valence-corrected chi connectivity index (χ1v) is 10.5. The molecular weight excluding hydrogens is 461 g/mol. The summed E-state index contributed by atoms with van der Waals surface area (Å²) < 4.78 is 51.9. The molecule has 10 heteroatoms. The van der Waals surface area contributed by atoms with Crippen LogP contribution < -0.4 is 10.4 Å². The van der Waals surface area contributed by atoms with Crippen molar-refractivity contribution in [1.29, 1.82) is 0 Å². The van der Waals surface area contributed by atoms with Crippen LogP contribution in [0.3, 0.4) is 0 Å². The van der Waals surface area contributed by atoms with E-state index in [0.717, 1.165) is 0 Å². The Kier molecular flexibility index (Phi) is 7.14. The molecule has 1 aromatic heterocycles. The summed E-state index contributed by atoms with van der Waals surface area (Å²) in [6.45, 7) is 3.30. The zero-order valence-electron chi connectivity index (χ0n) is 18.1. The van der Waals surface area contributed by atoms with Crippen molar-refractivity contribution in [2.75, 3.05) is 7.11 Å². The molecule has 0 spiro atoms. The third kappa shape index (κ3) is 5.04. The Morgan fingerprint density at radius 1 is 1.27 bits per heavy atom. The van der Waals surface area contributed by atoms with Gasteiger partial charge in [0.15, 0.2) is 5.60 Å². The van der Waals surface area contributed by atoms with Crippen LogP contribution in [0.5, 0.6) is 5.75 Å². The fourth-order valence-electron chi connectivity index (χ4n) is 3.63. The van der Waals surface area contributed by atoms with E-state index in [-0.39, 0.29) is 21.8 Å². The molecule has 2 unspecified atom stereocenters. The number of alkyl halides is 3. The molecule has 0 saturated heterocycles. The first-order chi connectivity index (χ1) is 15.5. The number of halogens is 4. The Morgan fingerprint density at radius 2 is 2.00 bits per heavy atom. The largest absolute Gasteiger partial charge is 0.495 e. The van der Waals surface area contributed by atoms with Crippen LogP contribution in [-0.2, 0) is 0 Å². The second kappa shape index (κ2) is 9.52. The number of aliphatic imine (C=N–C) groups is 1. The minimum Gasteiger partial charge on any atom is -0.495 e. The number of hydrogen-bond acceptors (Lipinski definition) is 6. The van der Waals surface area contributed by atoms with Gasteiger partial charge in [0.05, 0.1) is 28.9 Å². The molecule has 1 N–H and O–H groups in total. The van der Waals surface area contributed by atoms with E-state index in [1.807, 2.05) is 0 Å². The monoisotopic (exact) mass is 482 g/mol. The summed E-state index contributed by atoms with van der Waals surface area (Å²) in [5.74, 6) is -0.451. The average molecular weight is 483 g/mol. The van der Waals surface area contributed by atoms with Gasteiger partial charge in [0.1, 0.15) is 5.75 Å². The SMILES string of the molecule is CCC(CC(O)(C=Nc1ccc2c(=O)onc(C)c2c1)C(F)(F)F)c1cccc(Cl)c1OC. The summed E-state index contributed by atoms with van der Waals surface area (Å²) in [7, 11) is 1.38. The van der Waals surface area contributed by atoms with Crippen LogP contribution in [0, 0.1) is 6.92 Å². The minimum atomic E-state index is -4.99. The van der Waals surface area contributed by atoms with Crippen LogP contribution in [0.4, 0.5) is 18.9 Å². The van der Waals surface area contributed by atoms with Crippen molar-refractivity contribution >= 4 is 34.3 Å². The van der Waals surface area contributed by atoms with E-state index in [2.05, 4.69) is 14.7 Å². The van der Waals surface area contributed by atoms with Crippen LogP contribution in [0.15, 0.2) is 50.7 Å². The molecule has 6 nitrogen and oxygen atoms in total. The number of rotatable bonds is 7. The summed E-state index contributed by atoms with van der Waals surface area (Å²) in [4.78, 5) is 15.7. The van der Waals surface area contributed by atoms with Gasteiger partial charge in [0.2, 0.25) is 0 Å². The Balaban J connectivity index is 2.01. The second-order valence-corrected chi connectivity index (χ2v) is 8.04. The number of nitrogens with zero attached hydrogens (tertiary/aromatic N) is 2. The van der Waals surface area contributed by atoms with Gasteiger partial charge in [-0.15, -0.1) is 0 Å². The molecule has 3 aromatic rings. The van der Waals surface area contributed by atoms with E-state index in [0.29, 0.717) is 29.3 Å². The maximum Gasteiger partial charge on any atom is 0.422 e. The number of fused-ring (bicyclic) bond motifs is 1. The predicted molar refractivity (Wildman–Crippen MR) is 120 cm³/mol. The highest BCUT2D eigenvalue weighted by molar-refractivity contribution is 6.32. The van der Waals surface area contributed by atoms with E-state index in [1.165, 1.54) is 25.3 Å². The maximum absolute atomic E-state index is 14.0. The summed E-state index contributed by atoms with van der Waals surface area (Å²) in [5.41, 5.74) is -2.93. The number of benzene rings is 2. The van der Waals surface area contributed by atoms with Gasteiger partial charge in [-0.3, -0.25) is 4.99 Å². The second-order valence-electron chi connectivity index (χ2n) is 7.64. The maximum atomic E-state index is 14.0. The lowest BCUT2D eigenvalue weighted by molar-refractivity contribution is -0.232. The molecule has 3 rings (SSSR count). The number of ether oxygens (including phenoxy) is 1. The third-order valence-corrected chi connectivity index (χ3v) is 5.79. The highest BCUT2D eigenvalue weighted by Gasteiger charge is 2.53. The first kappa shape index (κ1) is 24.7. The van der Waals surface area contributed by atoms with Crippen LogP contribution >= 0.6 is 11.6 Å². The number of aryl methyl sites for hydroxylation is 1. The van der Waals surface area contributed by atoms with Gasteiger partial charge in [-0.2, -0.15) is 13.2 Å². The van der Waals surface area contributed by atoms with Gasteiger partial charge >= 0.3 is 11.8 Å². The highest BCUT2D eigenvalue weighted by Crippen LogP contribution is 2.43. The zero-order valence-corrected chi connectivity index (χ0v) is 18.9. The molecule has 0 radical (unpaired) electrons. The van der Waals surface area contributed by atoms with Crippen molar-refractivity contribution in [2.45, 2.75) is 44.4 Å². The van der Waals surface area contributed by atoms with Crippen molar-refractivity contribution in [3.05, 3.63) is 63.1 Å². The van der Waals surface area contributed by atoms with E-state index in [9.17, 15) is 23.1 Å². The molecule has 176 valence electrons. The summed E-state index contributed by atoms with van der Waals surface area (Å²) >= 11 is 6.13. The molecule has 0 bridgehead atoms. The fourth-order valence-corrected chi connectivity index (χ4v) is 3.89. The summed E-state index contributed by atoms with van der Waals surface area (Å²) in [6.07, 6.45) is -4.91. The van der Waals surface area contributed by atoms with Gasteiger partial charge in [0, 0.05) is 11.6 Å². The Morgan fingerprint density at radius 3 is 2.64 bits per heavy atom. The zero-order chi connectivity index (χ0) is 24.4. The lowest BCUT2D eigenvalue weighted by Crippen LogP contribution is -2.47. The average Bonchev–Trinajstić information content (AvgIpc) is 2.77. The van der Waals surface area contributed by atoms with E-state index < -0.39 is 29.7 Å². The molecule has 2 atom stereocenters. The molecule has 0 aliphatic heterocycles. The topological polar surface area (TPSA) is 84.9 Å². The molecular formula is C23H22ClF3N2O4. The van der Waals surface area contributed by atoms with E-state index in [1.54, 1.807) is 32.0 Å². The van der Waals surface area contributed by atoms with Gasteiger partial charge < -0.3 is 14.4 Å². The van der Waals surface area contributed by atoms with Gasteiger partial charge in [-0.25, -0.2) is 4.79 Å². The van der Waals surface area contributed by atoms with Crippen LogP contribution in [0.25, 0.3) is 10.8 Å². The standard InChI is InChI=1S/C23H22ClF3N2O4/c1-4-14(16-6-5-7-19(24)20(16)32-3)11-22(31,23(25,26)27)12-28-15-8-9-17-18(10-15)13(2)29-33-21(17)30/h5-10,12,14,31H,4,11H2,1-3H3. The van der Waals surface area contributed by atoms with E-state index >= 15 is 0 Å². The van der Waals surface area contributed by atoms with Crippen molar-refractivity contribution in [3.8, 4) is 5.75 Å². The lowest BCUT2D eigenvalue weighted by Gasteiger charge is -2.31. The van der Waals surface area contributed by atoms with Gasteiger partial charge in [-0.05, 0) is 55.5 Å². The lowest BCUT2D eigenvalue weighted by atomic mass is 9.84.